The zero-order valence-corrected chi connectivity index (χ0v) is 18.7. The third-order valence-corrected chi connectivity index (χ3v) is 6.02. The van der Waals surface area contributed by atoms with Gasteiger partial charge in [0.2, 0.25) is 0 Å². The quantitative estimate of drug-likeness (QED) is 0.467. The number of unbranched alkanes of at least 4 members (excludes halogenated alkanes) is 1. The van der Waals surface area contributed by atoms with E-state index in [0.717, 1.165) is 54.5 Å². The highest BCUT2D eigenvalue weighted by molar-refractivity contribution is 6.31. The van der Waals surface area contributed by atoms with Crippen LogP contribution in [0.1, 0.15) is 19.8 Å². The van der Waals surface area contributed by atoms with Gasteiger partial charge < -0.3 is 4.90 Å². The van der Waals surface area contributed by atoms with Crippen molar-refractivity contribution in [3.05, 3.63) is 64.8 Å². The van der Waals surface area contributed by atoms with E-state index in [2.05, 4.69) is 16.7 Å². The molecule has 0 N–H and O–H groups in total. The SMILES string of the molecule is CCCCN1CCN(c2cnc(-c3ccc(Cl)cc3)c(-c3ccc(Cl)cc3)n2)CC1. The Morgan fingerprint density at radius 3 is 1.93 bits per heavy atom. The molecule has 3 aromatic rings. The van der Waals surface area contributed by atoms with Crippen molar-refractivity contribution in [3.8, 4) is 22.5 Å². The molecule has 0 radical (unpaired) electrons. The van der Waals surface area contributed by atoms with Crippen molar-refractivity contribution in [1.29, 1.82) is 0 Å². The molecule has 1 fully saturated rings. The summed E-state index contributed by atoms with van der Waals surface area (Å²) in [4.78, 5) is 14.7. The van der Waals surface area contributed by atoms with Crippen molar-refractivity contribution in [2.75, 3.05) is 37.6 Å². The highest BCUT2D eigenvalue weighted by Gasteiger charge is 2.20. The van der Waals surface area contributed by atoms with Crippen LogP contribution in [0.25, 0.3) is 22.5 Å². The van der Waals surface area contributed by atoms with Gasteiger partial charge in [-0.25, -0.2) is 4.98 Å². The van der Waals surface area contributed by atoms with E-state index in [0.29, 0.717) is 10.0 Å². The summed E-state index contributed by atoms with van der Waals surface area (Å²) in [5.74, 6) is 0.924. The maximum atomic E-state index is 6.11. The van der Waals surface area contributed by atoms with Crippen LogP contribution in [-0.4, -0.2) is 47.6 Å². The first kappa shape index (κ1) is 21.1. The van der Waals surface area contributed by atoms with E-state index in [4.69, 9.17) is 33.2 Å². The van der Waals surface area contributed by atoms with Crippen LogP contribution in [-0.2, 0) is 0 Å². The highest BCUT2D eigenvalue weighted by Crippen LogP contribution is 2.32. The minimum atomic E-state index is 0.706. The van der Waals surface area contributed by atoms with E-state index in [1.54, 1.807) is 0 Å². The predicted octanol–water partition coefficient (Wildman–Crippen LogP) is 6.04. The number of rotatable bonds is 6. The molecule has 2 aromatic carbocycles. The lowest BCUT2D eigenvalue weighted by Gasteiger charge is -2.35. The van der Waals surface area contributed by atoms with Crippen LogP contribution < -0.4 is 4.90 Å². The molecule has 0 atom stereocenters. The van der Waals surface area contributed by atoms with Crippen molar-refractivity contribution >= 4 is 29.0 Å². The van der Waals surface area contributed by atoms with Gasteiger partial charge in [-0.15, -0.1) is 0 Å². The molecule has 0 bridgehead atoms. The molecular formula is C24H26Cl2N4. The van der Waals surface area contributed by atoms with Gasteiger partial charge in [-0.3, -0.25) is 9.88 Å². The summed E-state index contributed by atoms with van der Waals surface area (Å²) in [5.41, 5.74) is 3.70. The molecule has 2 heterocycles. The minimum Gasteiger partial charge on any atom is -0.353 e. The molecule has 4 nitrogen and oxygen atoms in total. The van der Waals surface area contributed by atoms with Crippen LogP contribution in [0.4, 0.5) is 5.82 Å². The lowest BCUT2D eigenvalue weighted by molar-refractivity contribution is 0.253. The molecule has 0 amide bonds. The van der Waals surface area contributed by atoms with Crippen LogP contribution in [0.3, 0.4) is 0 Å². The molecule has 4 rings (SSSR count). The monoisotopic (exact) mass is 440 g/mol. The second-order valence-corrected chi connectivity index (χ2v) is 8.49. The van der Waals surface area contributed by atoms with Gasteiger partial charge in [0, 0.05) is 47.4 Å². The van der Waals surface area contributed by atoms with Crippen molar-refractivity contribution in [3.63, 3.8) is 0 Å². The summed E-state index contributed by atoms with van der Waals surface area (Å²) >= 11 is 12.2. The first-order chi connectivity index (χ1) is 14.6. The largest absolute Gasteiger partial charge is 0.353 e. The Kier molecular flexibility index (Phi) is 6.88. The number of anilines is 1. The summed E-state index contributed by atoms with van der Waals surface area (Å²) < 4.78 is 0. The molecule has 1 saturated heterocycles. The van der Waals surface area contributed by atoms with Crippen molar-refractivity contribution in [2.24, 2.45) is 0 Å². The molecule has 0 saturated carbocycles. The number of hydrogen-bond acceptors (Lipinski definition) is 4. The first-order valence-electron chi connectivity index (χ1n) is 10.5. The molecule has 6 heteroatoms. The number of piperazine rings is 1. The Balaban J connectivity index is 1.65. The molecule has 1 aliphatic rings. The summed E-state index contributed by atoms with van der Waals surface area (Å²) in [7, 11) is 0. The molecular weight excluding hydrogens is 415 g/mol. The third kappa shape index (κ3) is 4.94. The van der Waals surface area contributed by atoms with Crippen LogP contribution in [0.15, 0.2) is 54.7 Å². The van der Waals surface area contributed by atoms with E-state index in [1.165, 1.54) is 19.4 Å². The number of hydrogen-bond donors (Lipinski definition) is 0. The summed E-state index contributed by atoms with van der Waals surface area (Å²) in [6.45, 7) is 7.50. The maximum Gasteiger partial charge on any atom is 0.147 e. The lowest BCUT2D eigenvalue weighted by atomic mass is 10.0. The molecule has 1 aromatic heterocycles. The predicted molar refractivity (Wildman–Crippen MR) is 126 cm³/mol. The van der Waals surface area contributed by atoms with Gasteiger partial charge in [0.25, 0.3) is 0 Å². The lowest BCUT2D eigenvalue weighted by Crippen LogP contribution is -2.47. The fourth-order valence-electron chi connectivity index (χ4n) is 3.74. The van der Waals surface area contributed by atoms with Gasteiger partial charge in [0.1, 0.15) is 5.82 Å². The van der Waals surface area contributed by atoms with E-state index >= 15 is 0 Å². The normalized spacial score (nSPS) is 14.8. The molecule has 0 aliphatic carbocycles. The summed E-state index contributed by atoms with van der Waals surface area (Å²) in [5, 5.41) is 1.41. The number of benzene rings is 2. The second-order valence-electron chi connectivity index (χ2n) is 7.62. The molecule has 30 heavy (non-hydrogen) atoms. The zero-order valence-electron chi connectivity index (χ0n) is 17.2. The Morgan fingerprint density at radius 2 is 1.37 bits per heavy atom. The average Bonchev–Trinajstić information content (AvgIpc) is 2.79. The van der Waals surface area contributed by atoms with E-state index in [9.17, 15) is 0 Å². The highest BCUT2D eigenvalue weighted by atomic mass is 35.5. The fourth-order valence-corrected chi connectivity index (χ4v) is 3.99. The Hall–Kier alpha value is -2.14. The molecule has 1 aliphatic heterocycles. The Labute approximate surface area is 188 Å². The van der Waals surface area contributed by atoms with Crippen molar-refractivity contribution < 1.29 is 0 Å². The standard InChI is InChI=1S/C24H26Cl2N4/c1-2-3-12-29-13-15-30(16-14-29)22-17-27-23(18-4-8-20(25)9-5-18)24(28-22)19-6-10-21(26)11-7-19/h4-11,17H,2-3,12-16H2,1H3. The fraction of sp³-hybridized carbons (Fsp3) is 0.333. The van der Waals surface area contributed by atoms with Gasteiger partial charge in [0.05, 0.1) is 17.6 Å². The summed E-state index contributed by atoms with van der Waals surface area (Å²) in [6.07, 6.45) is 4.39. The first-order valence-corrected chi connectivity index (χ1v) is 11.3. The van der Waals surface area contributed by atoms with Crippen LogP contribution in [0, 0.1) is 0 Å². The van der Waals surface area contributed by atoms with E-state index in [-0.39, 0.29) is 0 Å². The minimum absolute atomic E-state index is 0.706. The maximum absolute atomic E-state index is 6.11. The topological polar surface area (TPSA) is 32.3 Å². The smallest absolute Gasteiger partial charge is 0.147 e. The van der Waals surface area contributed by atoms with Crippen LogP contribution in [0.5, 0.6) is 0 Å². The van der Waals surface area contributed by atoms with Gasteiger partial charge in [-0.2, -0.15) is 0 Å². The van der Waals surface area contributed by atoms with E-state index < -0.39 is 0 Å². The van der Waals surface area contributed by atoms with Crippen molar-refractivity contribution in [1.82, 2.24) is 14.9 Å². The number of halogens is 2. The van der Waals surface area contributed by atoms with Crippen molar-refractivity contribution in [2.45, 2.75) is 19.8 Å². The van der Waals surface area contributed by atoms with Crippen LogP contribution >= 0.6 is 23.2 Å². The van der Waals surface area contributed by atoms with Gasteiger partial charge in [0.15, 0.2) is 0 Å². The van der Waals surface area contributed by atoms with Gasteiger partial charge in [-0.1, -0.05) is 60.8 Å². The van der Waals surface area contributed by atoms with E-state index in [1.807, 2.05) is 54.7 Å². The Bertz CT molecular complexity index is 966. The second kappa shape index (κ2) is 9.78. The summed E-state index contributed by atoms with van der Waals surface area (Å²) in [6, 6.07) is 15.5. The Morgan fingerprint density at radius 1 is 0.800 bits per heavy atom. The third-order valence-electron chi connectivity index (χ3n) is 5.52. The average molecular weight is 441 g/mol. The van der Waals surface area contributed by atoms with Gasteiger partial charge in [-0.05, 0) is 37.2 Å². The number of aromatic nitrogens is 2. The number of nitrogens with zero attached hydrogens (tertiary/aromatic N) is 4. The molecule has 0 unspecified atom stereocenters. The molecule has 0 spiro atoms. The zero-order chi connectivity index (χ0) is 20.9. The van der Waals surface area contributed by atoms with Gasteiger partial charge >= 0.3 is 0 Å². The molecule has 156 valence electrons. The van der Waals surface area contributed by atoms with Crippen LogP contribution in [0.2, 0.25) is 10.0 Å².